The second-order valence-electron chi connectivity index (χ2n) is 7.23. The summed E-state index contributed by atoms with van der Waals surface area (Å²) in [6, 6.07) is 13.1. The van der Waals surface area contributed by atoms with Crippen LogP contribution in [0.2, 0.25) is 0 Å². The van der Waals surface area contributed by atoms with Crippen LogP contribution < -0.4 is 5.32 Å². The van der Waals surface area contributed by atoms with Crippen molar-refractivity contribution in [1.82, 2.24) is 14.5 Å². The maximum atomic E-state index is 12.8. The highest BCUT2D eigenvalue weighted by atomic mass is 32.2. The number of aromatic nitrogens is 2. The predicted octanol–water partition coefficient (Wildman–Crippen LogP) is 2.53. The van der Waals surface area contributed by atoms with E-state index in [9.17, 15) is 18.0 Å². The van der Waals surface area contributed by atoms with Crippen molar-refractivity contribution in [2.75, 3.05) is 25.0 Å². The van der Waals surface area contributed by atoms with Crippen molar-refractivity contribution in [3.8, 4) is 0 Å². The maximum absolute atomic E-state index is 12.8. The van der Waals surface area contributed by atoms with Gasteiger partial charge in [0.25, 0.3) is 5.91 Å². The molecule has 2 heterocycles. The number of esters is 1. The lowest BCUT2D eigenvalue weighted by Gasteiger charge is -2.26. The molecule has 10 heteroatoms. The normalized spacial score (nSPS) is 15.0. The summed E-state index contributed by atoms with van der Waals surface area (Å²) in [6.07, 6.45) is 2.70. The van der Waals surface area contributed by atoms with Crippen molar-refractivity contribution < 1.29 is 22.7 Å². The summed E-state index contributed by atoms with van der Waals surface area (Å²) >= 11 is 0. The highest BCUT2D eigenvalue weighted by Crippen LogP contribution is 2.23. The van der Waals surface area contributed by atoms with E-state index in [-0.39, 0.29) is 10.6 Å². The Kier molecular flexibility index (Phi) is 6.01. The minimum absolute atomic E-state index is 0.0954. The number of carbonyl (C=O) groups is 2. The number of H-pyrrole nitrogens is 1. The molecule has 0 spiro atoms. The second kappa shape index (κ2) is 8.86. The number of ether oxygens (including phenoxy) is 1. The fraction of sp³-hybridized carbons (Fsp3) is 0.286. The molecule has 0 aliphatic carbocycles. The highest BCUT2D eigenvalue weighted by molar-refractivity contribution is 7.89. The number of carbonyl (C=O) groups excluding carboxylic acids is 2. The summed E-state index contributed by atoms with van der Waals surface area (Å²) < 4.78 is 32.2. The van der Waals surface area contributed by atoms with Crippen LogP contribution in [0.1, 0.15) is 29.8 Å². The van der Waals surface area contributed by atoms with Gasteiger partial charge in [0.1, 0.15) is 0 Å². The lowest BCUT2D eigenvalue weighted by Crippen LogP contribution is -2.35. The number of rotatable bonds is 6. The van der Waals surface area contributed by atoms with Gasteiger partial charge in [0.15, 0.2) is 12.3 Å². The third-order valence-electron chi connectivity index (χ3n) is 5.07. The number of piperidine rings is 1. The molecule has 0 saturated carbocycles. The van der Waals surface area contributed by atoms with Crippen LogP contribution in [0.15, 0.2) is 53.4 Å². The molecule has 162 valence electrons. The van der Waals surface area contributed by atoms with E-state index in [2.05, 4.69) is 15.5 Å². The Balaban J connectivity index is 1.38. The SMILES string of the molecule is O=C(COC(=O)c1n[nH]c2ccccc12)Nc1cccc(S(=O)(=O)N2CCCCC2)c1. The molecule has 0 atom stereocenters. The third kappa shape index (κ3) is 4.59. The van der Waals surface area contributed by atoms with Gasteiger partial charge in [0.05, 0.1) is 10.4 Å². The van der Waals surface area contributed by atoms with Gasteiger partial charge in [-0.15, -0.1) is 0 Å². The predicted molar refractivity (Wildman–Crippen MR) is 114 cm³/mol. The first-order valence-corrected chi connectivity index (χ1v) is 11.4. The first-order valence-electron chi connectivity index (χ1n) is 9.95. The Morgan fingerprint density at radius 3 is 2.65 bits per heavy atom. The first kappa shape index (κ1) is 21.0. The van der Waals surface area contributed by atoms with Crippen molar-refractivity contribution in [3.05, 3.63) is 54.2 Å². The molecule has 4 rings (SSSR count). The molecule has 1 aromatic heterocycles. The van der Waals surface area contributed by atoms with Gasteiger partial charge in [-0.05, 0) is 37.1 Å². The van der Waals surface area contributed by atoms with Crippen LogP contribution in [0.3, 0.4) is 0 Å². The number of aromatic amines is 1. The number of benzene rings is 2. The molecule has 1 aliphatic rings. The van der Waals surface area contributed by atoms with E-state index in [0.717, 1.165) is 19.3 Å². The van der Waals surface area contributed by atoms with E-state index in [1.54, 1.807) is 30.3 Å². The van der Waals surface area contributed by atoms with Gasteiger partial charge in [-0.2, -0.15) is 9.40 Å². The molecule has 1 amide bonds. The summed E-state index contributed by atoms with van der Waals surface area (Å²) in [5.74, 6) is -1.31. The molecule has 0 radical (unpaired) electrons. The Labute approximate surface area is 179 Å². The number of anilines is 1. The quantitative estimate of drug-likeness (QED) is 0.566. The number of amides is 1. The van der Waals surface area contributed by atoms with E-state index < -0.39 is 28.5 Å². The number of hydrogen-bond donors (Lipinski definition) is 2. The van der Waals surface area contributed by atoms with Crippen molar-refractivity contribution >= 4 is 38.5 Å². The molecule has 1 aliphatic heterocycles. The van der Waals surface area contributed by atoms with E-state index in [0.29, 0.717) is 29.7 Å². The fourth-order valence-corrected chi connectivity index (χ4v) is 5.07. The summed E-state index contributed by atoms with van der Waals surface area (Å²) in [5, 5.41) is 9.84. The van der Waals surface area contributed by atoms with E-state index in [4.69, 9.17) is 4.74 Å². The minimum atomic E-state index is -3.61. The molecule has 1 saturated heterocycles. The number of sulfonamides is 1. The van der Waals surface area contributed by atoms with E-state index >= 15 is 0 Å². The van der Waals surface area contributed by atoms with Gasteiger partial charge in [-0.1, -0.05) is 30.7 Å². The summed E-state index contributed by atoms with van der Waals surface area (Å²) in [6.45, 7) is 0.469. The van der Waals surface area contributed by atoms with Gasteiger partial charge in [-0.25, -0.2) is 13.2 Å². The molecular formula is C21H22N4O5S. The van der Waals surface area contributed by atoms with Crippen LogP contribution >= 0.6 is 0 Å². The van der Waals surface area contributed by atoms with Crippen LogP contribution in [0.4, 0.5) is 5.69 Å². The maximum Gasteiger partial charge on any atom is 0.359 e. The zero-order chi connectivity index (χ0) is 21.8. The molecule has 1 fully saturated rings. The molecular weight excluding hydrogens is 420 g/mol. The third-order valence-corrected chi connectivity index (χ3v) is 6.96. The van der Waals surface area contributed by atoms with Gasteiger partial charge >= 0.3 is 5.97 Å². The van der Waals surface area contributed by atoms with E-state index in [1.165, 1.54) is 16.4 Å². The highest BCUT2D eigenvalue weighted by Gasteiger charge is 2.26. The molecule has 0 bridgehead atoms. The number of fused-ring (bicyclic) bond motifs is 1. The largest absolute Gasteiger partial charge is 0.451 e. The topological polar surface area (TPSA) is 121 Å². The zero-order valence-corrected chi connectivity index (χ0v) is 17.5. The van der Waals surface area contributed by atoms with Crippen LogP contribution in [-0.2, 0) is 19.6 Å². The van der Waals surface area contributed by atoms with Crippen LogP contribution in [0, 0.1) is 0 Å². The van der Waals surface area contributed by atoms with Crippen molar-refractivity contribution in [1.29, 1.82) is 0 Å². The molecule has 3 aromatic rings. The zero-order valence-electron chi connectivity index (χ0n) is 16.7. The van der Waals surface area contributed by atoms with Gasteiger partial charge in [0, 0.05) is 24.2 Å². The number of para-hydroxylation sites is 1. The lowest BCUT2D eigenvalue weighted by atomic mass is 10.2. The monoisotopic (exact) mass is 442 g/mol. The summed E-state index contributed by atoms with van der Waals surface area (Å²) in [7, 11) is -3.61. The lowest BCUT2D eigenvalue weighted by molar-refractivity contribution is -0.119. The van der Waals surface area contributed by atoms with Crippen molar-refractivity contribution in [3.63, 3.8) is 0 Å². The Hall–Kier alpha value is -3.24. The Bertz CT molecular complexity index is 1220. The van der Waals surface area contributed by atoms with Gasteiger partial charge in [0.2, 0.25) is 10.0 Å². The Morgan fingerprint density at radius 1 is 1.06 bits per heavy atom. The average Bonchev–Trinajstić information content (AvgIpc) is 3.22. The summed E-state index contributed by atoms with van der Waals surface area (Å²) in [5.41, 5.74) is 1.09. The molecule has 2 aromatic carbocycles. The van der Waals surface area contributed by atoms with Gasteiger partial charge < -0.3 is 10.1 Å². The standard InChI is InChI=1S/C21H22N4O5S/c26-19(14-30-21(27)20-17-9-2-3-10-18(17)23-24-20)22-15-7-6-8-16(13-15)31(28,29)25-11-4-1-5-12-25/h2-3,6-10,13H,1,4-5,11-12,14H2,(H,22,26)(H,23,24). The fourth-order valence-electron chi connectivity index (χ4n) is 3.50. The summed E-state index contributed by atoms with van der Waals surface area (Å²) in [4.78, 5) is 24.6. The van der Waals surface area contributed by atoms with Crippen LogP contribution in [0.25, 0.3) is 10.9 Å². The number of nitrogens with one attached hydrogen (secondary N) is 2. The minimum Gasteiger partial charge on any atom is -0.451 e. The molecule has 2 N–H and O–H groups in total. The van der Waals surface area contributed by atoms with Crippen molar-refractivity contribution in [2.45, 2.75) is 24.2 Å². The van der Waals surface area contributed by atoms with Crippen molar-refractivity contribution in [2.24, 2.45) is 0 Å². The smallest absolute Gasteiger partial charge is 0.359 e. The average molecular weight is 442 g/mol. The Morgan fingerprint density at radius 2 is 1.84 bits per heavy atom. The van der Waals surface area contributed by atoms with Gasteiger partial charge in [-0.3, -0.25) is 9.89 Å². The van der Waals surface area contributed by atoms with Crippen LogP contribution in [-0.4, -0.2) is 54.5 Å². The number of nitrogens with zero attached hydrogens (tertiary/aromatic N) is 2. The number of hydrogen-bond acceptors (Lipinski definition) is 6. The van der Waals surface area contributed by atoms with E-state index in [1.807, 2.05) is 6.07 Å². The molecule has 9 nitrogen and oxygen atoms in total. The second-order valence-corrected chi connectivity index (χ2v) is 9.17. The molecule has 31 heavy (non-hydrogen) atoms. The van der Waals surface area contributed by atoms with Crippen LogP contribution in [0.5, 0.6) is 0 Å². The first-order chi connectivity index (χ1) is 14.9. The molecule has 0 unspecified atom stereocenters.